The Kier molecular flexibility index (Phi) is 5.24. The molecule has 2 N–H and O–H groups in total. The number of aryl methyl sites for hydroxylation is 1. The molecule has 23 heavy (non-hydrogen) atoms. The molecule has 2 aromatic carbocycles. The summed E-state index contributed by atoms with van der Waals surface area (Å²) in [6, 6.07) is 12.0. The zero-order chi connectivity index (χ0) is 16.8. The Hall–Kier alpha value is -2.96. The van der Waals surface area contributed by atoms with Crippen molar-refractivity contribution in [3.63, 3.8) is 0 Å². The molecule has 0 aliphatic rings. The normalized spacial score (nSPS) is 10.3. The van der Waals surface area contributed by atoms with E-state index in [1.54, 1.807) is 24.3 Å². The van der Waals surface area contributed by atoms with E-state index >= 15 is 0 Å². The number of hydrazine groups is 1. The Bertz CT molecular complexity index is 703. The number of benzene rings is 2. The molecule has 7 heteroatoms. The summed E-state index contributed by atoms with van der Waals surface area (Å²) < 4.78 is 28.5. The van der Waals surface area contributed by atoms with Gasteiger partial charge in [-0.2, -0.15) is 8.78 Å². The minimum atomic E-state index is -2.98. The molecule has 2 rings (SSSR count). The first-order valence-electron chi connectivity index (χ1n) is 6.68. The van der Waals surface area contributed by atoms with Crippen LogP contribution in [0.4, 0.5) is 8.78 Å². The van der Waals surface area contributed by atoms with Gasteiger partial charge in [-0.15, -0.1) is 0 Å². The van der Waals surface area contributed by atoms with Crippen molar-refractivity contribution < 1.29 is 23.1 Å². The van der Waals surface area contributed by atoms with Gasteiger partial charge in [0.15, 0.2) is 0 Å². The summed E-state index contributed by atoms with van der Waals surface area (Å²) in [5.41, 5.74) is 5.92. The minimum absolute atomic E-state index is 0.0763. The van der Waals surface area contributed by atoms with E-state index in [0.29, 0.717) is 5.56 Å². The molecule has 120 valence electrons. The lowest BCUT2D eigenvalue weighted by molar-refractivity contribution is -0.0498. The van der Waals surface area contributed by atoms with E-state index in [1.165, 1.54) is 18.2 Å². The Morgan fingerprint density at radius 3 is 2.17 bits per heavy atom. The summed E-state index contributed by atoms with van der Waals surface area (Å²) >= 11 is 0. The molecule has 0 spiro atoms. The van der Waals surface area contributed by atoms with Crippen LogP contribution in [0.25, 0.3) is 0 Å². The lowest BCUT2D eigenvalue weighted by atomic mass is 10.1. The van der Waals surface area contributed by atoms with Gasteiger partial charge in [0, 0.05) is 11.1 Å². The van der Waals surface area contributed by atoms with Gasteiger partial charge in [0.05, 0.1) is 0 Å². The van der Waals surface area contributed by atoms with E-state index in [4.69, 9.17) is 0 Å². The van der Waals surface area contributed by atoms with Gasteiger partial charge in [0.2, 0.25) is 0 Å². The fourth-order valence-corrected chi connectivity index (χ4v) is 1.78. The zero-order valence-corrected chi connectivity index (χ0v) is 12.2. The molecule has 2 aromatic rings. The first kappa shape index (κ1) is 16.4. The van der Waals surface area contributed by atoms with Gasteiger partial charge in [-0.25, -0.2) is 0 Å². The van der Waals surface area contributed by atoms with Crippen LogP contribution >= 0.6 is 0 Å². The highest BCUT2D eigenvalue weighted by Gasteiger charge is 2.11. The summed E-state index contributed by atoms with van der Waals surface area (Å²) in [6.45, 7) is -1.09. The quantitative estimate of drug-likeness (QED) is 0.851. The fraction of sp³-hybridized carbons (Fsp3) is 0.125. The molecule has 0 unspecified atom stereocenters. The number of amides is 2. The number of alkyl halides is 2. The van der Waals surface area contributed by atoms with Gasteiger partial charge in [-0.05, 0) is 37.3 Å². The van der Waals surface area contributed by atoms with Crippen molar-refractivity contribution in [3.05, 3.63) is 65.2 Å². The second-order valence-electron chi connectivity index (χ2n) is 4.68. The van der Waals surface area contributed by atoms with E-state index in [0.717, 1.165) is 11.6 Å². The van der Waals surface area contributed by atoms with Crippen LogP contribution in [0.15, 0.2) is 48.5 Å². The third-order valence-electron chi connectivity index (χ3n) is 2.92. The van der Waals surface area contributed by atoms with Crippen LogP contribution in [0, 0.1) is 6.92 Å². The first-order chi connectivity index (χ1) is 11.0. The van der Waals surface area contributed by atoms with Gasteiger partial charge in [-0.1, -0.05) is 23.8 Å². The highest BCUT2D eigenvalue weighted by molar-refractivity contribution is 5.99. The Balaban J connectivity index is 1.96. The van der Waals surface area contributed by atoms with E-state index in [1.807, 2.05) is 6.92 Å². The predicted octanol–water partition coefficient (Wildman–Crippen LogP) is 2.67. The average Bonchev–Trinajstić information content (AvgIpc) is 2.52. The topological polar surface area (TPSA) is 67.4 Å². The SMILES string of the molecule is Cc1ccc(C(=O)NNC(=O)c2cccc(OC(F)F)c2)cc1. The molecule has 0 aliphatic heterocycles. The van der Waals surface area contributed by atoms with Crippen LogP contribution in [0.2, 0.25) is 0 Å². The van der Waals surface area contributed by atoms with Crippen LogP contribution in [0.1, 0.15) is 26.3 Å². The minimum Gasteiger partial charge on any atom is -0.435 e. The van der Waals surface area contributed by atoms with Crippen molar-refractivity contribution in [2.75, 3.05) is 0 Å². The number of carbonyl (C=O) groups excluding carboxylic acids is 2. The second-order valence-corrected chi connectivity index (χ2v) is 4.68. The smallest absolute Gasteiger partial charge is 0.387 e. The molecule has 5 nitrogen and oxygen atoms in total. The summed E-state index contributed by atoms with van der Waals surface area (Å²) in [6.07, 6.45) is 0. The van der Waals surface area contributed by atoms with Crippen molar-refractivity contribution in [1.82, 2.24) is 10.9 Å². The van der Waals surface area contributed by atoms with Gasteiger partial charge in [-0.3, -0.25) is 20.4 Å². The van der Waals surface area contributed by atoms with E-state index in [2.05, 4.69) is 15.6 Å². The first-order valence-corrected chi connectivity index (χ1v) is 6.68. The molecule has 0 aromatic heterocycles. The van der Waals surface area contributed by atoms with Crippen LogP contribution in [-0.4, -0.2) is 18.4 Å². The van der Waals surface area contributed by atoms with Crippen molar-refractivity contribution in [1.29, 1.82) is 0 Å². The molecule has 0 aliphatic carbocycles. The molecule has 0 saturated heterocycles. The molecule has 0 saturated carbocycles. The molecular weight excluding hydrogens is 306 g/mol. The molecular formula is C16H14F2N2O3. The fourth-order valence-electron chi connectivity index (χ4n) is 1.78. The maximum Gasteiger partial charge on any atom is 0.387 e. The van der Waals surface area contributed by atoms with Gasteiger partial charge in [0.25, 0.3) is 11.8 Å². The number of hydrogen-bond donors (Lipinski definition) is 2. The van der Waals surface area contributed by atoms with Crippen LogP contribution in [0.3, 0.4) is 0 Å². The van der Waals surface area contributed by atoms with E-state index in [-0.39, 0.29) is 11.3 Å². The molecule has 0 fully saturated rings. The molecule has 0 heterocycles. The van der Waals surface area contributed by atoms with Crippen molar-refractivity contribution >= 4 is 11.8 Å². The van der Waals surface area contributed by atoms with Crippen molar-refractivity contribution in [2.45, 2.75) is 13.5 Å². The van der Waals surface area contributed by atoms with Crippen LogP contribution in [-0.2, 0) is 0 Å². The van der Waals surface area contributed by atoms with Crippen molar-refractivity contribution in [2.24, 2.45) is 0 Å². The van der Waals surface area contributed by atoms with Crippen molar-refractivity contribution in [3.8, 4) is 5.75 Å². The average molecular weight is 320 g/mol. The maximum absolute atomic E-state index is 12.1. The lowest BCUT2D eigenvalue weighted by Crippen LogP contribution is -2.41. The van der Waals surface area contributed by atoms with Gasteiger partial charge < -0.3 is 4.74 Å². The third-order valence-corrected chi connectivity index (χ3v) is 2.92. The maximum atomic E-state index is 12.1. The van der Waals surface area contributed by atoms with Gasteiger partial charge >= 0.3 is 6.61 Å². The highest BCUT2D eigenvalue weighted by atomic mass is 19.3. The molecule has 0 atom stereocenters. The summed E-state index contributed by atoms with van der Waals surface area (Å²) in [4.78, 5) is 23.8. The number of hydrogen-bond acceptors (Lipinski definition) is 3. The number of rotatable bonds is 4. The highest BCUT2D eigenvalue weighted by Crippen LogP contribution is 2.15. The van der Waals surface area contributed by atoms with Crippen LogP contribution < -0.4 is 15.6 Å². The Morgan fingerprint density at radius 2 is 1.57 bits per heavy atom. The number of halogens is 2. The number of carbonyl (C=O) groups is 2. The molecule has 2 amide bonds. The second kappa shape index (κ2) is 7.35. The third kappa shape index (κ3) is 4.77. The number of ether oxygens (including phenoxy) is 1. The van der Waals surface area contributed by atoms with E-state index in [9.17, 15) is 18.4 Å². The summed E-state index contributed by atoms with van der Waals surface area (Å²) in [5, 5.41) is 0. The summed E-state index contributed by atoms with van der Waals surface area (Å²) in [7, 11) is 0. The van der Waals surface area contributed by atoms with E-state index < -0.39 is 18.4 Å². The van der Waals surface area contributed by atoms with Crippen LogP contribution in [0.5, 0.6) is 5.75 Å². The Morgan fingerprint density at radius 1 is 0.957 bits per heavy atom. The summed E-state index contributed by atoms with van der Waals surface area (Å²) in [5.74, 6) is -1.28. The predicted molar refractivity (Wildman–Crippen MR) is 79.2 cm³/mol. The zero-order valence-electron chi connectivity index (χ0n) is 12.2. The molecule has 0 bridgehead atoms. The standard InChI is InChI=1S/C16H14F2N2O3/c1-10-5-7-11(8-6-10)14(21)19-20-15(22)12-3-2-4-13(9-12)23-16(17)18/h2-9,16H,1H3,(H,19,21)(H,20,22). The lowest BCUT2D eigenvalue weighted by Gasteiger charge is -2.09. The van der Waals surface area contributed by atoms with Gasteiger partial charge in [0.1, 0.15) is 5.75 Å². The number of nitrogens with one attached hydrogen (secondary N) is 2. The molecule has 0 radical (unpaired) electrons. The Labute approximate surface area is 131 Å². The monoisotopic (exact) mass is 320 g/mol. The largest absolute Gasteiger partial charge is 0.435 e.